The lowest BCUT2D eigenvalue weighted by Gasteiger charge is -2.41. The number of aromatic nitrogens is 1. The zero-order chi connectivity index (χ0) is 24.0. The van der Waals surface area contributed by atoms with Gasteiger partial charge in [-0.1, -0.05) is 6.07 Å². The molecule has 184 valence electrons. The van der Waals surface area contributed by atoms with Gasteiger partial charge < -0.3 is 19.8 Å². The molecule has 0 aliphatic carbocycles. The van der Waals surface area contributed by atoms with Crippen LogP contribution in [-0.4, -0.2) is 59.2 Å². The lowest BCUT2D eigenvalue weighted by atomic mass is 9.74. The fourth-order valence-electron chi connectivity index (χ4n) is 4.81. The van der Waals surface area contributed by atoms with Crippen molar-refractivity contribution in [2.24, 2.45) is 5.41 Å². The quantitative estimate of drug-likeness (QED) is 0.338. The van der Waals surface area contributed by atoms with Crippen LogP contribution in [0.1, 0.15) is 42.9 Å². The number of fused-ring (bicyclic) bond motifs is 1. The Morgan fingerprint density at radius 3 is 2.79 bits per heavy atom. The molecule has 0 amide bonds. The highest BCUT2D eigenvalue weighted by Gasteiger charge is 2.34. The number of benzene rings is 1. The van der Waals surface area contributed by atoms with Gasteiger partial charge in [0.2, 0.25) is 0 Å². The molecule has 2 aromatic heterocycles. The number of methoxy groups -OCH3 is 1. The van der Waals surface area contributed by atoms with Gasteiger partial charge in [0.1, 0.15) is 12.4 Å². The van der Waals surface area contributed by atoms with Gasteiger partial charge in [0.25, 0.3) is 0 Å². The largest absolute Gasteiger partial charge is 0.497 e. The van der Waals surface area contributed by atoms with Crippen LogP contribution in [0, 0.1) is 5.41 Å². The molecule has 2 N–H and O–H groups in total. The van der Waals surface area contributed by atoms with Gasteiger partial charge in [-0.25, -0.2) is 4.39 Å². The van der Waals surface area contributed by atoms with Gasteiger partial charge in [0, 0.05) is 36.1 Å². The molecule has 0 spiro atoms. The van der Waals surface area contributed by atoms with E-state index in [1.807, 2.05) is 30.0 Å². The summed E-state index contributed by atoms with van der Waals surface area (Å²) in [6.07, 6.45) is 3.66. The molecule has 5 nitrogen and oxygen atoms in total. The Morgan fingerprint density at radius 2 is 2.12 bits per heavy atom. The number of nitrogens with zero attached hydrogens (tertiary/aromatic N) is 2. The Labute approximate surface area is 209 Å². The minimum Gasteiger partial charge on any atom is -0.497 e. The van der Waals surface area contributed by atoms with Crippen LogP contribution < -0.4 is 4.74 Å². The number of pyridine rings is 1. The summed E-state index contributed by atoms with van der Waals surface area (Å²) in [4.78, 5) is 6.81. The molecule has 4 rings (SSSR count). The monoisotopic (exact) mass is 504 g/mol. The second-order valence-electron chi connectivity index (χ2n) is 9.05. The van der Waals surface area contributed by atoms with Crippen LogP contribution in [0.4, 0.5) is 4.39 Å². The normalized spacial score (nSPS) is 17.2. The molecule has 0 bridgehead atoms. The molecule has 1 atom stereocenters. The van der Waals surface area contributed by atoms with Gasteiger partial charge in [-0.15, -0.1) is 23.1 Å². The molecule has 34 heavy (non-hydrogen) atoms. The highest BCUT2D eigenvalue weighted by molar-refractivity contribution is 8.01. The molecular weight excluding hydrogens is 471 g/mol. The molecule has 1 aliphatic heterocycles. The van der Waals surface area contributed by atoms with Crippen LogP contribution in [0.3, 0.4) is 0 Å². The van der Waals surface area contributed by atoms with Crippen LogP contribution in [-0.2, 0) is 6.67 Å². The molecule has 0 saturated carbocycles. The van der Waals surface area contributed by atoms with Crippen LogP contribution in [0.25, 0.3) is 10.9 Å². The van der Waals surface area contributed by atoms with Crippen LogP contribution in [0.5, 0.6) is 5.75 Å². The van der Waals surface area contributed by atoms with Crippen LogP contribution >= 0.6 is 23.1 Å². The van der Waals surface area contributed by atoms with Gasteiger partial charge in [-0.2, -0.15) is 0 Å². The molecule has 1 aliphatic rings. The molecule has 1 aromatic carbocycles. The van der Waals surface area contributed by atoms with E-state index in [-0.39, 0.29) is 12.0 Å². The first-order chi connectivity index (χ1) is 16.6. The Morgan fingerprint density at radius 1 is 1.29 bits per heavy atom. The predicted molar refractivity (Wildman–Crippen MR) is 138 cm³/mol. The van der Waals surface area contributed by atoms with E-state index in [0.29, 0.717) is 35.2 Å². The van der Waals surface area contributed by atoms with Crippen molar-refractivity contribution >= 4 is 34.0 Å². The molecular formula is C26H33FN2O3S2. The van der Waals surface area contributed by atoms with Crippen molar-refractivity contribution in [3.63, 3.8) is 0 Å². The fourth-order valence-corrected chi connectivity index (χ4v) is 6.67. The third-order valence-electron chi connectivity index (χ3n) is 7.02. The molecule has 1 fully saturated rings. The fraction of sp³-hybridized carbons (Fsp3) is 0.500. The molecule has 3 heterocycles. The number of aliphatic hydroxyl groups is 2. The standard InChI is InChI=1S/C26H33FN2O3S2/c1-32-20-4-5-22-21(15-20)25(19(16-27)17-28-22)23(31)6-7-26(18-30)8-10-29(11-9-26)12-14-34-24-3-2-13-33-24/h2-5,13,15,17,23,30-31H,6-12,14,16,18H2,1H3. The van der Waals surface area contributed by atoms with E-state index in [1.54, 1.807) is 18.4 Å². The smallest absolute Gasteiger partial charge is 0.119 e. The lowest BCUT2D eigenvalue weighted by Crippen LogP contribution is -2.43. The Bertz CT molecular complexity index is 1050. The summed E-state index contributed by atoms with van der Waals surface area (Å²) in [5.74, 6) is 1.71. The number of aliphatic hydroxyl groups excluding tert-OH is 2. The number of thioether (sulfide) groups is 1. The first-order valence-electron chi connectivity index (χ1n) is 11.8. The van der Waals surface area contributed by atoms with Crippen molar-refractivity contribution in [1.29, 1.82) is 0 Å². The summed E-state index contributed by atoms with van der Waals surface area (Å²) >= 11 is 3.67. The zero-order valence-electron chi connectivity index (χ0n) is 19.6. The number of rotatable bonds is 11. The van der Waals surface area contributed by atoms with E-state index in [9.17, 15) is 14.6 Å². The Balaban J connectivity index is 1.38. The lowest BCUT2D eigenvalue weighted by molar-refractivity contribution is 0.0253. The highest BCUT2D eigenvalue weighted by atomic mass is 32.2. The topological polar surface area (TPSA) is 65.8 Å². The number of ether oxygens (including phenoxy) is 1. The second kappa shape index (κ2) is 11.8. The third kappa shape index (κ3) is 5.91. The van der Waals surface area contributed by atoms with E-state index in [2.05, 4.69) is 27.4 Å². The summed E-state index contributed by atoms with van der Waals surface area (Å²) in [6.45, 7) is 2.37. The molecule has 3 aromatic rings. The molecule has 1 saturated heterocycles. The zero-order valence-corrected chi connectivity index (χ0v) is 21.2. The number of hydrogen-bond acceptors (Lipinski definition) is 7. The Hall–Kier alpha value is -1.71. The highest BCUT2D eigenvalue weighted by Crippen LogP contribution is 2.40. The number of halogens is 1. The van der Waals surface area contributed by atoms with Crippen molar-refractivity contribution in [3.8, 4) is 5.75 Å². The van der Waals surface area contributed by atoms with Gasteiger partial charge in [0.15, 0.2) is 0 Å². The number of alkyl halides is 1. The maximum atomic E-state index is 13.8. The van der Waals surface area contributed by atoms with E-state index < -0.39 is 12.8 Å². The Kier molecular flexibility index (Phi) is 8.82. The van der Waals surface area contributed by atoms with Crippen LogP contribution in [0.15, 0.2) is 46.1 Å². The summed E-state index contributed by atoms with van der Waals surface area (Å²) in [7, 11) is 1.59. The second-order valence-corrected chi connectivity index (χ2v) is 11.4. The first-order valence-corrected chi connectivity index (χ1v) is 13.6. The van der Waals surface area contributed by atoms with Gasteiger partial charge >= 0.3 is 0 Å². The summed E-state index contributed by atoms with van der Waals surface area (Å²) in [6, 6.07) is 9.69. The minimum absolute atomic E-state index is 0.110. The number of thiophene rings is 1. The minimum atomic E-state index is -0.827. The molecule has 1 unspecified atom stereocenters. The van der Waals surface area contributed by atoms with Crippen molar-refractivity contribution in [3.05, 3.63) is 53.0 Å². The van der Waals surface area contributed by atoms with Gasteiger partial charge in [0.05, 0.1) is 22.9 Å². The van der Waals surface area contributed by atoms with Crippen molar-refractivity contribution in [1.82, 2.24) is 9.88 Å². The van der Waals surface area contributed by atoms with Crippen LogP contribution in [0.2, 0.25) is 0 Å². The summed E-state index contributed by atoms with van der Waals surface area (Å²) < 4.78 is 20.5. The van der Waals surface area contributed by atoms with Crippen molar-refractivity contribution in [2.45, 2.75) is 42.7 Å². The SMILES string of the molecule is COc1ccc2ncc(CF)c(C(O)CCC3(CO)CCN(CCSc4cccs4)CC3)c2c1. The van der Waals surface area contributed by atoms with Gasteiger partial charge in [-0.3, -0.25) is 4.98 Å². The average Bonchev–Trinajstić information content (AvgIpc) is 3.40. The van der Waals surface area contributed by atoms with E-state index in [4.69, 9.17) is 4.74 Å². The van der Waals surface area contributed by atoms with Crippen molar-refractivity contribution < 1.29 is 19.3 Å². The first kappa shape index (κ1) is 25.4. The van der Waals surface area contributed by atoms with E-state index in [1.165, 1.54) is 10.4 Å². The molecule has 0 radical (unpaired) electrons. The van der Waals surface area contributed by atoms with E-state index >= 15 is 0 Å². The summed E-state index contributed by atoms with van der Waals surface area (Å²) in [5, 5.41) is 24.3. The van der Waals surface area contributed by atoms with E-state index in [0.717, 1.165) is 43.6 Å². The maximum absolute atomic E-state index is 13.8. The molecule has 8 heteroatoms. The number of likely N-dealkylation sites (tertiary alicyclic amines) is 1. The predicted octanol–water partition coefficient (Wildman–Crippen LogP) is 5.45. The summed E-state index contributed by atoms with van der Waals surface area (Å²) in [5.41, 5.74) is 1.50. The van der Waals surface area contributed by atoms with Gasteiger partial charge in [-0.05, 0) is 79.4 Å². The van der Waals surface area contributed by atoms with Crippen molar-refractivity contribution in [2.75, 3.05) is 39.1 Å². The number of piperidine rings is 1. The average molecular weight is 505 g/mol. The number of hydrogen-bond donors (Lipinski definition) is 2. The maximum Gasteiger partial charge on any atom is 0.119 e. The third-order valence-corrected chi connectivity index (χ3v) is 9.13.